The Kier molecular flexibility index (Phi) is 5.88. The average Bonchev–Trinajstić information content (AvgIpc) is 3.35. The number of nitro groups is 1. The molecule has 9 heteroatoms. The Morgan fingerprint density at radius 1 is 1.13 bits per heavy atom. The molecule has 1 saturated heterocycles. The van der Waals surface area contributed by atoms with Gasteiger partial charge < -0.3 is 9.26 Å². The van der Waals surface area contributed by atoms with Crippen LogP contribution in [0, 0.1) is 17.0 Å². The summed E-state index contributed by atoms with van der Waals surface area (Å²) in [7, 11) is 1.33. The van der Waals surface area contributed by atoms with Crippen LogP contribution in [0.15, 0.2) is 63.6 Å². The molecule has 1 fully saturated rings. The summed E-state index contributed by atoms with van der Waals surface area (Å²) in [6.45, 7) is 1.54. The minimum Gasteiger partial charge on any atom is -0.468 e. The fraction of sp³-hybridized carbons (Fsp3) is 0.273. The minimum atomic E-state index is -0.726. The Balaban J connectivity index is 1.93. The number of hydrogen-bond acceptors (Lipinski definition) is 7. The lowest BCUT2D eigenvalue weighted by atomic mass is 9.78. The highest BCUT2D eigenvalue weighted by Gasteiger charge is 2.52. The SMILES string of the molecule is COC(=O)[C@@H]1N[C@H](c2ccc(Br)cc2)[C@@H](c2onc(C)c2[N+](=O)[O-])[C@@H]1c1ccccc1. The van der Waals surface area contributed by atoms with Gasteiger partial charge in [-0.1, -0.05) is 63.6 Å². The Hall–Kier alpha value is -3.04. The van der Waals surface area contributed by atoms with E-state index in [1.165, 1.54) is 14.0 Å². The maximum atomic E-state index is 12.8. The van der Waals surface area contributed by atoms with E-state index in [0.29, 0.717) is 0 Å². The van der Waals surface area contributed by atoms with E-state index in [-0.39, 0.29) is 17.1 Å². The molecule has 2 heterocycles. The molecule has 31 heavy (non-hydrogen) atoms. The summed E-state index contributed by atoms with van der Waals surface area (Å²) in [6, 6.07) is 15.8. The van der Waals surface area contributed by atoms with Gasteiger partial charge in [0.1, 0.15) is 6.04 Å². The third-order valence-electron chi connectivity index (χ3n) is 5.68. The lowest BCUT2D eigenvalue weighted by Gasteiger charge is -2.23. The molecule has 1 N–H and O–H groups in total. The average molecular weight is 486 g/mol. The Bertz CT molecular complexity index is 1100. The molecule has 4 atom stereocenters. The summed E-state index contributed by atoms with van der Waals surface area (Å²) in [5.74, 6) is -1.33. The van der Waals surface area contributed by atoms with Gasteiger partial charge in [-0.2, -0.15) is 0 Å². The summed E-state index contributed by atoms with van der Waals surface area (Å²) in [5.41, 5.74) is 1.74. The second-order valence-electron chi connectivity index (χ2n) is 7.40. The van der Waals surface area contributed by atoms with Crippen molar-refractivity contribution < 1.29 is 19.0 Å². The molecule has 0 radical (unpaired) electrons. The van der Waals surface area contributed by atoms with E-state index >= 15 is 0 Å². The molecule has 2 aromatic carbocycles. The Labute approximate surface area is 186 Å². The predicted molar refractivity (Wildman–Crippen MR) is 116 cm³/mol. The lowest BCUT2D eigenvalue weighted by Crippen LogP contribution is -2.36. The molecule has 4 rings (SSSR count). The number of esters is 1. The second-order valence-corrected chi connectivity index (χ2v) is 8.31. The summed E-state index contributed by atoms with van der Waals surface area (Å²) < 4.78 is 11.5. The van der Waals surface area contributed by atoms with Gasteiger partial charge in [-0.05, 0) is 30.2 Å². The number of ether oxygens (including phenoxy) is 1. The molecule has 0 unspecified atom stereocenters. The van der Waals surface area contributed by atoms with E-state index < -0.39 is 34.8 Å². The zero-order chi connectivity index (χ0) is 22.1. The van der Waals surface area contributed by atoms with Crippen LogP contribution in [0.3, 0.4) is 0 Å². The lowest BCUT2D eigenvalue weighted by molar-refractivity contribution is -0.386. The largest absolute Gasteiger partial charge is 0.468 e. The molecule has 0 saturated carbocycles. The number of aromatic nitrogens is 1. The Morgan fingerprint density at radius 2 is 1.81 bits per heavy atom. The molecule has 3 aromatic rings. The van der Waals surface area contributed by atoms with Gasteiger partial charge in [-0.25, -0.2) is 0 Å². The van der Waals surface area contributed by atoms with E-state index in [9.17, 15) is 14.9 Å². The highest BCUT2D eigenvalue weighted by molar-refractivity contribution is 9.10. The Morgan fingerprint density at radius 3 is 2.42 bits per heavy atom. The number of carbonyl (C=O) groups excluding carboxylic acids is 1. The zero-order valence-corrected chi connectivity index (χ0v) is 18.4. The van der Waals surface area contributed by atoms with Crippen molar-refractivity contribution in [3.63, 3.8) is 0 Å². The maximum Gasteiger partial charge on any atom is 0.334 e. The van der Waals surface area contributed by atoms with E-state index in [1.54, 1.807) is 0 Å². The topological polar surface area (TPSA) is 108 Å². The molecule has 0 amide bonds. The first-order valence-corrected chi connectivity index (χ1v) is 10.5. The molecule has 160 valence electrons. The van der Waals surface area contributed by atoms with Gasteiger partial charge in [0.15, 0.2) is 5.69 Å². The minimum absolute atomic E-state index is 0.142. The van der Waals surface area contributed by atoms with Crippen molar-refractivity contribution in [1.29, 1.82) is 0 Å². The fourth-order valence-electron chi connectivity index (χ4n) is 4.34. The van der Waals surface area contributed by atoms with Crippen LogP contribution in [0.1, 0.15) is 40.5 Å². The third-order valence-corrected chi connectivity index (χ3v) is 6.20. The molecule has 1 aromatic heterocycles. The van der Waals surface area contributed by atoms with Crippen molar-refractivity contribution >= 4 is 27.6 Å². The van der Waals surface area contributed by atoms with Gasteiger partial charge in [0.2, 0.25) is 5.76 Å². The summed E-state index contributed by atoms with van der Waals surface area (Å²) >= 11 is 3.43. The van der Waals surface area contributed by atoms with Crippen LogP contribution < -0.4 is 5.32 Å². The van der Waals surface area contributed by atoms with Crippen LogP contribution in [0.25, 0.3) is 0 Å². The standard InChI is InChI=1S/C22H20BrN3O5/c1-12-20(26(28)29)21(31-25-12)17-16(13-6-4-3-5-7-13)19(22(27)30-2)24-18(17)14-8-10-15(23)11-9-14/h3-11,16-19,24H,1-2H3/t16-,17-,18+,19+/m0/s1. The van der Waals surface area contributed by atoms with Crippen LogP contribution in [0.5, 0.6) is 0 Å². The van der Waals surface area contributed by atoms with Gasteiger partial charge in [-0.15, -0.1) is 0 Å². The quantitative estimate of drug-likeness (QED) is 0.324. The van der Waals surface area contributed by atoms with Crippen LogP contribution >= 0.6 is 15.9 Å². The van der Waals surface area contributed by atoms with Crippen molar-refractivity contribution in [3.05, 3.63) is 91.8 Å². The fourth-order valence-corrected chi connectivity index (χ4v) is 4.61. The number of nitrogens with zero attached hydrogens (tertiary/aromatic N) is 2. The number of carbonyl (C=O) groups is 1. The molecule has 1 aliphatic rings. The maximum absolute atomic E-state index is 12.8. The predicted octanol–water partition coefficient (Wildman–Crippen LogP) is 4.41. The number of rotatable bonds is 5. The van der Waals surface area contributed by atoms with E-state index in [0.717, 1.165) is 15.6 Å². The van der Waals surface area contributed by atoms with E-state index in [1.807, 2.05) is 54.6 Å². The molecule has 1 aliphatic heterocycles. The van der Waals surface area contributed by atoms with Gasteiger partial charge >= 0.3 is 11.7 Å². The first-order chi connectivity index (χ1) is 14.9. The number of nitrogens with one attached hydrogen (secondary N) is 1. The highest BCUT2D eigenvalue weighted by Crippen LogP contribution is 2.52. The molecular weight excluding hydrogens is 466 g/mol. The van der Waals surface area contributed by atoms with Crippen LogP contribution in [0.2, 0.25) is 0 Å². The van der Waals surface area contributed by atoms with E-state index in [2.05, 4.69) is 26.4 Å². The van der Waals surface area contributed by atoms with Gasteiger partial charge in [0.25, 0.3) is 0 Å². The van der Waals surface area contributed by atoms with E-state index in [4.69, 9.17) is 9.26 Å². The van der Waals surface area contributed by atoms with Crippen molar-refractivity contribution in [2.75, 3.05) is 7.11 Å². The van der Waals surface area contributed by atoms with Crippen LogP contribution in [-0.2, 0) is 9.53 Å². The second kappa shape index (κ2) is 8.60. The number of hydrogen-bond donors (Lipinski definition) is 1. The third kappa shape index (κ3) is 3.86. The van der Waals surface area contributed by atoms with Gasteiger partial charge in [0, 0.05) is 16.4 Å². The van der Waals surface area contributed by atoms with Crippen molar-refractivity contribution in [1.82, 2.24) is 10.5 Å². The van der Waals surface area contributed by atoms with Gasteiger partial charge in [0.05, 0.1) is 18.0 Å². The molecular formula is C22H20BrN3O5. The molecule has 0 spiro atoms. The van der Waals surface area contributed by atoms with Crippen molar-refractivity contribution in [3.8, 4) is 0 Å². The molecule has 8 nitrogen and oxygen atoms in total. The number of methoxy groups -OCH3 is 1. The monoisotopic (exact) mass is 485 g/mol. The van der Waals surface area contributed by atoms with Crippen LogP contribution in [0.4, 0.5) is 5.69 Å². The first kappa shape index (κ1) is 21.2. The van der Waals surface area contributed by atoms with Crippen molar-refractivity contribution in [2.45, 2.75) is 30.8 Å². The number of aryl methyl sites for hydroxylation is 1. The highest BCUT2D eigenvalue weighted by atomic mass is 79.9. The van der Waals surface area contributed by atoms with Crippen molar-refractivity contribution in [2.24, 2.45) is 0 Å². The van der Waals surface area contributed by atoms with Crippen LogP contribution in [-0.4, -0.2) is 29.2 Å². The first-order valence-electron chi connectivity index (χ1n) is 9.67. The summed E-state index contributed by atoms with van der Waals surface area (Å²) in [6.07, 6.45) is 0. The smallest absolute Gasteiger partial charge is 0.334 e. The summed E-state index contributed by atoms with van der Waals surface area (Å²) in [4.78, 5) is 24.1. The van der Waals surface area contributed by atoms with Gasteiger partial charge in [-0.3, -0.25) is 20.2 Å². The summed E-state index contributed by atoms with van der Waals surface area (Å²) in [5, 5.41) is 19.1. The number of halogens is 1. The molecule has 0 aliphatic carbocycles. The number of benzene rings is 2. The normalized spacial score (nSPS) is 22.9. The zero-order valence-electron chi connectivity index (χ0n) is 16.8. The molecule has 0 bridgehead atoms.